The van der Waals surface area contributed by atoms with E-state index in [1.807, 2.05) is 0 Å². The lowest BCUT2D eigenvalue weighted by Crippen LogP contribution is -2.36. The first-order valence-electron chi connectivity index (χ1n) is 6.51. The molecule has 2 saturated heterocycles. The number of ether oxygens (including phenoxy) is 2. The van der Waals surface area contributed by atoms with Crippen molar-refractivity contribution in [3.05, 3.63) is 0 Å². The highest BCUT2D eigenvalue weighted by Crippen LogP contribution is 2.14. The second-order valence-electron chi connectivity index (χ2n) is 4.81. The molecule has 0 amide bonds. The molecule has 0 aromatic heterocycles. The molecule has 1 N–H and O–H groups in total. The molecule has 2 atom stereocenters. The van der Waals surface area contributed by atoms with Gasteiger partial charge < -0.3 is 19.7 Å². The Morgan fingerprint density at radius 1 is 1.31 bits per heavy atom. The fourth-order valence-electron chi connectivity index (χ4n) is 2.48. The molecule has 4 nitrogen and oxygen atoms in total. The summed E-state index contributed by atoms with van der Waals surface area (Å²) in [6, 6.07) is 0. The van der Waals surface area contributed by atoms with Crippen LogP contribution in [-0.2, 0) is 9.47 Å². The van der Waals surface area contributed by atoms with Crippen molar-refractivity contribution in [2.75, 3.05) is 46.1 Å². The van der Waals surface area contributed by atoms with Crippen molar-refractivity contribution < 1.29 is 9.47 Å². The predicted octanol–water partition coefficient (Wildman–Crippen LogP) is 0.681. The van der Waals surface area contributed by atoms with Crippen LogP contribution in [0.3, 0.4) is 0 Å². The van der Waals surface area contributed by atoms with E-state index in [4.69, 9.17) is 9.47 Å². The van der Waals surface area contributed by atoms with Crippen molar-refractivity contribution in [3.8, 4) is 0 Å². The van der Waals surface area contributed by atoms with Crippen LogP contribution in [0.4, 0.5) is 0 Å². The fourth-order valence-corrected chi connectivity index (χ4v) is 2.48. The smallest absolute Gasteiger partial charge is 0.147 e. The summed E-state index contributed by atoms with van der Waals surface area (Å²) in [5.41, 5.74) is 0. The average molecular weight is 228 g/mol. The standard InChI is InChI=1S/C12H24N2O2/c1-2-14-5-3-11(9-14)7-13-8-12-4-6-15-10-16-12/h11-13H,2-10H2,1H3. The third-order valence-electron chi connectivity index (χ3n) is 3.59. The Morgan fingerprint density at radius 2 is 2.25 bits per heavy atom. The van der Waals surface area contributed by atoms with E-state index in [1.54, 1.807) is 0 Å². The minimum Gasteiger partial charge on any atom is -0.355 e. The van der Waals surface area contributed by atoms with Crippen LogP contribution in [0.15, 0.2) is 0 Å². The maximum Gasteiger partial charge on any atom is 0.147 e. The number of hydrogen-bond donors (Lipinski definition) is 1. The van der Waals surface area contributed by atoms with Crippen molar-refractivity contribution in [1.82, 2.24) is 10.2 Å². The van der Waals surface area contributed by atoms with Gasteiger partial charge in [-0.25, -0.2) is 0 Å². The summed E-state index contributed by atoms with van der Waals surface area (Å²) in [5, 5.41) is 3.53. The Hall–Kier alpha value is -0.160. The second-order valence-corrected chi connectivity index (χ2v) is 4.81. The number of nitrogens with zero attached hydrogens (tertiary/aromatic N) is 1. The molecule has 0 aliphatic carbocycles. The molecule has 16 heavy (non-hydrogen) atoms. The van der Waals surface area contributed by atoms with Crippen molar-refractivity contribution in [3.63, 3.8) is 0 Å². The van der Waals surface area contributed by atoms with E-state index < -0.39 is 0 Å². The molecular formula is C12H24N2O2. The Bertz CT molecular complexity index is 195. The minimum atomic E-state index is 0.359. The zero-order valence-corrected chi connectivity index (χ0v) is 10.3. The van der Waals surface area contributed by atoms with E-state index in [1.165, 1.54) is 26.1 Å². The van der Waals surface area contributed by atoms with E-state index in [9.17, 15) is 0 Å². The van der Waals surface area contributed by atoms with Gasteiger partial charge in [-0.3, -0.25) is 0 Å². The fraction of sp³-hybridized carbons (Fsp3) is 1.00. The molecule has 0 saturated carbocycles. The lowest BCUT2D eigenvalue weighted by Gasteiger charge is -2.23. The van der Waals surface area contributed by atoms with Crippen molar-refractivity contribution in [2.24, 2.45) is 5.92 Å². The average Bonchev–Trinajstić information content (AvgIpc) is 2.78. The number of nitrogens with one attached hydrogen (secondary N) is 1. The summed E-state index contributed by atoms with van der Waals surface area (Å²) in [7, 11) is 0. The molecule has 0 aromatic carbocycles. The molecule has 0 radical (unpaired) electrons. The van der Waals surface area contributed by atoms with Crippen molar-refractivity contribution in [1.29, 1.82) is 0 Å². The van der Waals surface area contributed by atoms with Gasteiger partial charge in [-0.1, -0.05) is 6.92 Å². The third-order valence-corrected chi connectivity index (χ3v) is 3.59. The second kappa shape index (κ2) is 6.55. The molecule has 2 aliphatic heterocycles. The van der Waals surface area contributed by atoms with Gasteiger partial charge in [-0.2, -0.15) is 0 Å². The summed E-state index contributed by atoms with van der Waals surface area (Å²) in [6.45, 7) is 9.40. The Labute approximate surface area is 98.3 Å². The highest BCUT2D eigenvalue weighted by Gasteiger charge is 2.21. The number of hydrogen-bond acceptors (Lipinski definition) is 4. The zero-order chi connectivity index (χ0) is 11.2. The van der Waals surface area contributed by atoms with Crippen LogP contribution >= 0.6 is 0 Å². The Morgan fingerprint density at radius 3 is 2.94 bits per heavy atom. The molecule has 2 fully saturated rings. The first-order valence-corrected chi connectivity index (χ1v) is 6.51. The van der Waals surface area contributed by atoms with Crippen LogP contribution in [0, 0.1) is 5.92 Å². The molecule has 94 valence electrons. The number of likely N-dealkylation sites (tertiary alicyclic amines) is 1. The summed E-state index contributed by atoms with van der Waals surface area (Å²) in [6.07, 6.45) is 2.73. The molecule has 2 heterocycles. The van der Waals surface area contributed by atoms with Gasteiger partial charge in [0.05, 0.1) is 12.7 Å². The van der Waals surface area contributed by atoms with E-state index in [0.717, 1.165) is 32.0 Å². The van der Waals surface area contributed by atoms with E-state index >= 15 is 0 Å². The van der Waals surface area contributed by atoms with E-state index in [0.29, 0.717) is 12.9 Å². The SMILES string of the molecule is CCN1CCC(CNCC2CCOCO2)C1. The van der Waals surface area contributed by atoms with Gasteiger partial charge in [0.2, 0.25) is 0 Å². The first kappa shape index (κ1) is 12.3. The predicted molar refractivity (Wildman–Crippen MR) is 63.4 cm³/mol. The van der Waals surface area contributed by atoms with Crippen LogP contribution < -0.4 is 5.32 Å². The first-order chi connectivity index (χ1) is 7.88. The highest BCUT2D eigenvalue weighted by molar-refractivity contribution is 4.77. The van der Waals surface area contributed by atoms with Gasteiger partial charge in [0.25, 0.3) is 0 Å². The normalized spacial score (nSPS) is 32.1. The molecule has 0 aromatic rings. The maximum atomic E-state index is 5.49. The van der Waals surface area contributed by atoms with Crippen LogP contribution in [-0.4, -0.2) is 57.1 Å². The van der Waals surface area contributed by atoms with Crippen molar-refractivity contribution >= 4 is 0 Å². The summed E-state index contributed by atoms with van der Waals surface area (Å²) >= 11 is 0. The van der Waals surface area contributed by atoms with Crippen molar-refractivity contribution in [2.45, 2.75) is 25.9 Å². The lowest BCUT2D eigenvalue weighted by atomic mass is 10.1. The lowest BCUT2D eigenvalue weighted by molar-refractivity contribution is -0.137. The molecule has 0 spiro atoms. The molecule has 4 heteroatoms. The van der Waals surface area contributed by atoms with E-state index in [-0.39, 0.29) is 0 Å². The van der Waals surface area contributed by atoms with Gasteiger partial charge >= 0.3 is 0 Å². The van der Waals surface area contributed by atoms with Crippen LogP contribution in [0.2, 0.25) is 0 Å². The van der Waals surface area contributed by atoms with E-state index in [2.05, 4.69) is 17.1 Å². The molecule has 0 bridgehead atoms. The monoisotopic (exact) mass is 228 g/mol. The third kappa shape index (κ3) is 3.70. The van der Waals surface area contributed by atoms with Gasteiger partial charge in [0.15, 0.2) is 0 Å². The topological polar surface area (TPSA) is 33.7 Å². The van der Waals surface area contributed by atoms with Crippen LogP contribution in [0.25, 0.3) is 0 Å². The molecule has 2 rings (SSSR count). The van der Waals surface area contributed by atoms with Crippen LogP contribution in [0.5, 0.6) is 0 Å². The molecular weight excluding hydrogens is 204 g/mol. The van der Waals surface area contributed by atoms with Gasteiger partial charge in [0.1, 0.15) is 6.79 Å². The quantitative estimate of drug-likeness (QED) is 0.750. The number of rotatable bonds is 5. The van der Waals surface area contributed by atoms with Gasteiger partial charge in [-0.15, -0.1) is 0 Å². The highest BCUT2D eigenvalue weighted by atomic mass is 16.7. The maximum absolute atomic E-state index is 5.49. The van der Waals surface area contributed by atoms with Crippen LogP contribution in [0.1, 0.15) is 19.8 Å². The van der Waals surface area contributed by atoms with Gasteiger partial charge in [-0.05, 0) is 38.4 Å². The largest absolute Gasteiger partial charge is 0.355 e. The minimum absolute atomic E-state index is 0.359. The Balaban J connectivity index is 1.54. The summed E-state index contributed by atoms with van der Waals surface area (Å²) in [5.74, 6) is 0.833. The summed E-state index contributed by atoms with van der Waals surface area (Å²) in [4.78, 5) is 2.53. The molecule has 2 aliphatic rings. The zero-order valence-electron chi connectivity index (χ0n) is 10.3. The van der Waals surface area contributed by atoms with Gasteiger partial charge in [0, 0.05) is 13.1 Å². The summed E-state index contributed by atoms with van der Waals surface area (Å²) < 4.78 is 10.6. The Kier molecular flexibility index (Phi) is 5.03. The molecule has 2 unspecified atom stereocenters.